The van der Waals surface area contributed by atoms with Gasteiger partial charge in [-0.1, -0.05) is 15.9 Å². The maximum atomic E-state index is 11.3. The maximum Gasteiger partial charge on any atom is 0.358 e. The summed E-state index contributed by atoms with van der Waals surface area (Å²) in [5, 5.41) is 0. The standard InChI is InChI=1S/C9H8BrN3O2.C6H6BrN3O2.C5H11BrO2/c1-5-3-11-8-7(10)12-6(4-13(5)8)9(14)15-2;1-12-6(11)3-2-9-5(8)4(7)10-3;1-4(6)5(7-2)8-3/h3-4H,1-2H3;2H,1H3,(H2,8,9);4-5H,1-3H3. The topological polar surface area (TPSA) is 153 Å². The lowest BCUT2D eigenvalue weighted by Gasteiger charge is -2.14. The summed E-state index contributed by atoms with van der Waals surface area (Å²) in [7, 11) is 5.83. The first kappa shape index (κ1) is 30.8. The average molecular weight is 685 g/mol. The summed E-state index contributed by atoms with van der Waals surface area (Å²) in [6.45, 7) is 3.87. The zero-order valence-electron chi connectivity index (χ0n) is 19.8. The van der Waals surface area contributed by atoms with Gasteiger partial charge in [-0.3, -0.25) is 4.40 Å². The number of hydrogen-bond donors (Lipinski definition) is 1. The predicted molar refractivity (Wildman–Crippen MR) is 138 cm³/mol. The first-order chi connectivity index (χ1) is 16.5. The van der Waals surface area contributed by atoms with Crippen LogP contribution in [0.1, 0.15) is 33.6 Å². The number of nitrogen functional groups attached to an aromatic ring is 1. The fourth-order valence-corrected chi connectivity index (χ4v) is 3.53. The minimum Gasteiger partial charge on any atom is -0.464 e. The van der Waals surface area contributed by atoms with E-state index < -0.39 is 11.9 Å². The van der Waals surface area contributed by atoms with Crippen LogP contribution in [0.25, 0.3) is 5.65 Å². The molecule has 192 valence electrons. The van der Waals surface area contributed by atoms with Gasteiger partial charge in [0.1, 0.15) is 9.21 Å². The van der Waals surface area contributed by atoms with Gasteiger partial charge in [-0.15, -0.1) is 0 Å². The number of methoxy groups -OCH3 is 4. The molecule has 0 aliphatic heterocycles. The van der Waals surface area contributed by atoms with Gasteiger partial charge in [0.05, 0.1) is 25.2 Å². The van der Waals surface area contributed by atoms with Crippen molar-refractivity contribution in [2.24, 2.45) is 0 Å². The zero-order chi connectivity index (χ0) is 26.7. The SMILES string of the molecule is COC(=O)c1cn2c(C)cnc2c(Br)n1.COC(=O)c1cnc(N)c(Br)n1.COC(OC)C(C)Br. The molecule has 0 radical (unpaired) electrons. The van der Waals surface area contributed by atoms with E-state index in [9.17, 15) is 9.59 Å². The van der Waals surface area contributed by atoms with Crippen LogP contribution in [0, 0.1) is 6.92 Å². The van der Waals surface area contributed by atoms with Crippen LogP contribution in [0.2, 0.25) is 0 Å². The van der Waals surface area contributed by atoms with Crippen LogP contribution >= 0.6 is 47.8 Å². The number of imidazole rings is 1. The number of nitrogens with zero attached hydrogens (tertiary/aromatic N) is 5. The number of alkyl halides is 1. The first-order valence-corrected chi connectivity index (χ1v) is 12.1. The third kappa shape index (κ3) is 9.07. The van der Waals surface area contributed by atoms with Crippen molar-refractivity contribution < 1.29 is 28.5 Å². The van der Waals surface area contributed by atoms with Gasteiger partial charge in [0.2, 0.25) is 0 Å². The Morgan fingerprint density at radius 2 is 1.49 bits per heavy atom. The van der Waals surface area contributed by atoms with Crippen molar-refractivity contribution in [3.63, 3.8) is 0 Å². The molecule has 0 spiro atoms. The van der Waals surface area contributed by atoms with Crippen LogP contribution < -0.4 is 5.73 Å². The molecule has 0 bridgehead atoms. The normalized spacial score (nSPS) is 11.1. The molecule has 0 aromatic carbocycles. The number of halogens is 3. The molecule has 0 aliphatic carbocycles. The Morgan fingerprint density at radius 3 is 1.94 bits per heavy atom. The van der Waals surface area contributed by atoms with Crippen LogP contribution in [-0.4, -0.2) is 75.8 Å². The minimum absolute atomic E-state index is 0.124. The molecule has 3 heterocycles. The van der Waals surface area contributed by atoms with E-state index >= 15 is 0 Å². The average Bonchev–Trinajstić information content (AvgIpc) is 3.22. The summed E-state index contributed by atoms with van der Waals surface area (Å²) in [6, 6.07) is 0. The summed E-state index contributed by atoms with van der Waals surface area (Å²) < 4.78 is 21.5. The van der Waals surface area contributed by atoms with Gasteiger partial charge in [-0.25, -0.2) is 29.5 Å². The molecule has 12 nitrogen and oxygen atoms in total. The highest BCUT2D eigenvalue weighted by Gasteiger charge is 2.13. The zero-order valence-corrected chi connectivity index (χ0v) is 24.5. The first-order valence-electron chi connectivity index (χ1n) is 9.65. The molecule has 2 N–H and O–H groups in total. The van der Waals surface area contributed by atoms with Crippen LogP contribution in [0.4, 0.5) is 5.82 Å². The number of esters is 2. The monoisotopic (exact) mass is 682 g/mol. The number of aromatic nitrogens is 5. The van der Waals surface area contributed by atoms with Crippen molar-refractivity contribution in [1.29, 1.82) is 0 Å². The Labute approximate surface area is 227 Å². The molecule has 3 aromatic rings. The number of carbonyl (C=O) groups excluding carboxylic acids is 2. The van der Waals surface area contributed by atoms with Crippen molar-refractivity contribution in [2.45, 2.75) is 25.0 Å². The quantitative estimate of drug-likeness (QED) is 0.238. The van der Waals surface area contributed by atoms with Gasteiger partial charge >= 0.3 is 11.9 Å². The predicted octanol–water partition coefficient (Wildman–Crippen LogP) is 3.58. The molecule has 3 rings (SSSR count). The summed E-state index contributed by atoms with van der Waals surface area (Å²) in [6.07, 6.45) is 4.44. The molecule has 0 saturated carbocycles. The number of fused-ring (bicyclic) bond motifs is 1. The van der Waals surface area contributed by atoms with E-state index in [1.165, 1.54) is 20.4 Å². The van der Waals surface area contributed by atoms with E-state index in [1.807, 2.05) is 13.8 Å². The number of carbonyl (C=O) groups is 2. The fourth-order valence-electron chi connectivity index (χ4n) is 2.32. The number of anilines is 1. The Balaban J connectivity index is 0.000000277. The van der Waals surface area contributed by atoms with E-state index in [0.717, 1.165) is 5.69 Å². The molecular formula is C20H25Br3N6O6. The van der Waals surface area contributed by atoms with E-state index in [0.29, 0.717) is 14.9 Å². The smallest absolute Gasteiger partial charge is 0.358 e. The molecular weight excluding hydrogens is 660 g/mol. The minimum atomic E-state index is -0.539. The molecule has 3 aromatic heterocycles. The van der Waals surface area contributed by atoms with E-state index in [2.05, 4.69) is 77.2 Å². The third-order valence-corrected chi connectivity index (χ3v) is 5.57. The number of hydrogen-bond acceptors (Lipinski definition) is 11. The Bertz CT molecular complexity index is 1140. The van der Waals surface area contributed by atoms with Crippen LogP contribution in [0.15, 0.2) is 27.8 Å². The Kier molecular flexibility index (Phi) is 13.2. The van der Waals surface area contributed by atoms with Gasteiger partial charge in [0, 0.05) is 32.3 Å². The third-order valence-electron chi connectivity index (χ3n) is 4.02. The van der Waals surface area contributed by atoms with Gasteiger partial charge in [-0.05, 0) is 45.7 Å². The molecule has 0 aliphatic rings. The summed E-state index contributed by atoms with van der Waals surface area (Å²) in [4.78, 5) is 38.1. The second-order valence-corrected chi connectivity index (χ2v) is 9.39. The second kappa shape index (κ2) is 15.0. The highest BCUT2D eigenvalue weighted by Crippen LogP contribution is 2.17. The molecule has 0 amide bonds. The highest BCUT2D eigenvalue weighted by molar-refractivity contribution is 9.11. The van der Waals surface area contributed by atoms with Crippen LogP contribution in [0.3, 0.4) is 0 Å². The lowest BCUT2D eigenvalue weighted by Crippen LogP contribution is -2.21. The van der Waals surface area contributed by atoms with Gasteiger partial charge in [0.15, 0.2) is 29.1 Å². The number of rotatable bonds is 5. The maximum absolute atomic E-state index is 11.3. The van der Waals surface area contributed by atoms with Crippen molar-refractivity contribution in [2.75, 3.05) is 34.2 Å². The van der Waals surface area contributed by atoms with Crippen molar-refractivity contribution >= 4 is 71.2 Å². The number of nitrogens with two attached hydrogens (primary N) is 1. The second-order valence-electron chi connectivity index (χ2n) is 6.44. The van der Waals surface area contributed by atoms with Crippen molar-refractivity contribution in [1.82, 2.24) is 24.3 Å². The molecule has 15 heteroatoms. The molecule has 0 saturated heterocycles. The van der Waals surface area contributed by atoms with Crippen LogP contribution in [0.5, 0.6) is 0 Å². The van der Waals surface area contributed by atoms with Gasteiger partial charge in [0.25, 0.3) is 0 Å². The van der Waals surface area contributed by atoms with E-state index in [1.54, 1.807) is 31.0 Å². The molecule has 0 fully saturated rings. The lowest BCUT2D eigenvalue weighted by molar-refractivity contribution is -0.0977. The van der Waals surface area contributed by atoms with E-state index in [4.69, 9.17) is 15.2 Å². The number of aryl methyl sites for hydroxylation is 1. The van der Waals surface area contributed by atoms with Crippen molar-refractivity contribution in [3.05, 3.63) is 44.9 Å². The van der Waals surface area contributed by atoms with Gasteiger partial charge in [-0.2, -0.15) is 0 Å². The van der Waals surface area contributed by atoms with Crippen molar-refractivity contribution in [3.8, 4) is 0 Å². The van der Waals surface area contributed by atoms with E-state index in [-0.39, 0.29) is 28.3 Å². The van der Waals surface area contributed by atoms with Crippen LogP contribution in [-0.2, 0) is 18.9 Å². The van der Waals surface area contributed by atoms with Gasteiger partial charge < -0.3 is 24.7 Å². The fraction of sp³-hybridized carbons (Fsp3) is 0.400. The molecule has 1 unspecified atom stereocenters. The number of ether oxygens (including phenoxy) is 4. The molecule has 35 heavy (non-hydrogen) atoms. The summed E-state index contributed by atoms with van der Waals surface area (Å²) >= 11 is 9.60. The molecule has 1 atom stereocenters. The largest absolute Gasteiger partial charge is 0.464 e. The Hall–Kier alpha value is -2.20. The summed E-state index contributed by atoms with van der Waals surface area (Å²) in [5.74, 6) is -0.767. The highest BCUT2D eigenvalue weighted by atomic mass is 79.9. The Morgan fingerprint density at radius 1 is 0.943 bits per heavy atom. The summed E-state index contributed by atoms with van der Waals surface area (Å²) in [5.41, 5.74) is 7.34. The lowest BCUT2D eigenvalue weighted by atomic mass is 10.4.